The van der Waals surface area contributed by atoms with E-state index in [2.05, 4.69) is 16.3 Å². The van der Waals surface area contributed by atoms with Gasteiger partial charge in [-0.3, -0.25) is 4.79 Å². The lowest BCUT2D eigenvalue weighted by Crippen LogP contribution is -2.75. The molecule has 0 saturated heterocycles. The summed E-state index contributed by atoms with van der Waals surface area (Å²) in [5, 5.41) is -7.06. The first kappa shape index (κ1) is 36.0. The van der Waals surface area contributed by atoms with Crippen LogP contribution in [0.3, 0.4) is 0 Å². The van der Waals surface area contributed by atoms with Crippen LogP contribution in [0.25, 0.3) is 0 Å². The zero-order valence-corrected chi connectivity index (χ0v) is 21.7. The van der Waals surface area contributed by atoms with Crippen molar-refractivity contribution in [3.05, 3.63) is 16.0 Å². The van der Waals surface area contributed by atoms with E-state index in [9.17, 15) is 79.8 Å². The number of anilines is 1. The van der Waals surface area contributed by atoms with Crippen LogP contribution in [-0.4, -0.2) is 65.3 Å². The minimum atomic E-state index is -8.69. The molecular weight excluding hydrogens is 674 g/mol. The number of aryl methyl sites for hydroxylation is 1. The number of carbonyl (C=O) groups excluding carboxylic acids is 2. The van der Waals surface area contributed by atoms with E-state index in [0.717, 1.165) is 5.32 Å². The van der Waals surface area contributed by atoms with Crippen LogP contribution in [0, 0.1) is 0 Å². The zero-order chi connectivity index (χ0) is 33.1. The lowest BCUT2D eigenvalue weighted by atomic mass is 9.89. The molecule has 2 rings (SSSR count). The highest BCUT2D eigenvalue weighted by Crippen LogP contribution is 2.64. The van der Waals surface area contributed by atoms with E-state index in [1.165, 1.54) is 6.92 Å². The largest absolute Gasteiger partial charge is 0.462 e. The van der Waals surface area contributed by atoms with E-state index in [1.54, 1.807) is 0 Å². The van der Waals surface area contributed by atoms with Crippen molar-refractivity contribution >= 4 is 39.8 Å². The smallest absolute Gasteiger partial charge is 0.393 e. The van der Waals surface area contributed by atoms with Crippen molar-refractivity contribution in [1.29, 1.82) is 0 Å². The van der Waals surface area contributed by atoms with E-state index in [1.807, 2.05) is 0 Å². The highest BCUT2D eigenvalue weighted by molar-refractivity contribution is 7.17. The molecule has 1 heterocycles. The van der Waals surface area contributed by atoms with Gasteiger partial charge in [0.25, 0.3) is 0 Å². The Morgan fingerprint density at radius 3 is 1.62 bits per heavy atom. The second-order valence-electron chi connectivity index (χ2n) is 8.61. The summed E-state index contributed by atoms with van der Waals surface area (Å²) in [5.74, 6) is -62.5. The maximum atomic E-state index is 14.4. The number of rotatable bonds is 11. The number of halogens is 17. The van der Waals surface area contributed by atoms with Crippen LogP contribution in [0.2, 0.25) is 0 Å². The fraction of sp³-hybridized carbons (Fsp3) is 0.700. The van der Waals surface area contributed by atoms with Gasteiger partial charge < -0.3 is 10.1 Å². The average Bonchev–Trinajstić information content (AvgIpc) is 3.20. The molecule has 1 amide bonds. The Morgan fingerprint density at radius 2 is 1.17 bits per heavy atom. The minimum absolute atomic E-state index is 0.0297. The normalized spacial score (nSPS) is 16.2. The number of hydrogen-bond donors (Lipinski definition) is 1. The summed E-state index contributed by atoms with van der Waals surface area (Å²) >= 11 is 3.74. The van der Waals surface area contributed by atoms with Gasteiger partial charge in [0.1, 0.15) is 5.00 Å². The molecule has 0 unspecified atom stereocenters. The van der Waals surface area contributed by atoms with Gasteiger partial charge in [-0.1, -0.05) is 0 Å². The summed E-state index contributed by atoms with van der Waals surface area (Å²) in [7, 11) is 0. The number of alkyl halides is 17. The summed E-state index contributed by atoms with van der Waals surface area (Å²) in [5.41, 5.74) is -0.678. The molecule has 0 radical (unpaired) electrons. The first-order valence-electron chi connectivity index (χ1n) is 10.9. The SMILES string of the molecule is CCOC(=O)c1c(NC(=O)C(F)(F)C(F)(F)C(F)(F)C(F)(F)C(F)(F)C(F)(F)C(F)(F)C(F)(F)Cl)sc2c1CCCC2. The summed E-state index contributed by atoms with van der Waals surface area (Å²) in [6.07, 6.45) is 0.940. The van der Waals surface area contributed by atoms with Crippen molar-refractivity contribution < 1.29 is 84.6 Å². The minimum Gasteiger partial charge on any atom is -0.462 e. The number of hydrogen-bond acceptors (Lipinski definition) is 4. The fourth-order valence-corrected chi connectivity index (χ4v) is 4.95. The molecule has 1 aromatic rings. The topological polar surface area (TPSA) is 55.4 Å². The third-order valence-electron chi connectivity index (χ3n) is 5.89. The molecule has 0 fully saturated rings. The van der Waals surface area contributed by atoms with Gasteiger partial charge in [-0.05, 0) is 49.8 Å². The van der Waals surface area contributed by atoms with Gasteiger partial charge in [-0.15, -0.1) is 11.3 Å². The standard InChI is InChI=1S/C20H14ClF16NO3S/c1-2-41-11(39)9-7-5-3-4-6-8(7)42-10(9)38-12(40)13(22,23)14(24,25)15(26,27)16(28,29)17(30,31)18(32,33)19(34,35)20(21,36)37/h2-6H2,1H3,(H,38,40). The Morgan fingerprint density at radius 1 is 0.738 bits per heavy atom. The Kier molecular flexibility index (Phi) is 9.22. The number of thiophene rings is 1. The van der Waals surface area contributed by atoms with Crippen LogP contribution in [0.1, 0.15) is 40.6 Å². The molecule has 1 N–H and O–H groups in total. The van der Waals surface area contributed by atoms with Gasteiger partial charge >= 0.3 is 58.7 Å². The van der Waals surface area contributed by atoms with Gasteiger partial charge in [0.05, 0.1) is 12.2 Å². The van der Waals surface area contributed by atoms with Crippen molar-refractivity contribution in [3.8, 4) is 0 Å². The Labute approximate surface area is 232 Å². The molecule has 1 aliphatic rings. The lowest BCUT2D eigenvalue weighted by Gasteiger charge is -2.42. The predicted molar refractivity (Wildman–Crippen MR) is 111 cm³/mol. The summed E-state index contributed by atoms with van der Waals surface area (Å²) in [6, 6.07) is 0. The number of carbonyl (C=O) groups is 2. The molecule has 0 spiro atoms. The molecule has 42 heavy (non-hydrogen) atoms. The second kappa shape index (κ2) is 10.8. The van der Waals surface area contributed by atoms with Crippen LogP contribution in [0.5, 0.6) is 0 Å². The molecule has 242 valence electrons. The van der Waals surface area contributed by atoms with Crippen LogP contribution in [-0.2, 0) is 22.4 Å². The van der Waals surface area contributed by atoms with Crippen molar-refractivity contribution in [2.45, 2.75) is 79.4 Å². The third-order valence-corrected chi connectivity index (χ3v) is 7.33. The van der Waals surface area contributed by atoms with Crippen molar-refractivity contribution in [2.24, 2.45) is 0 Å². The summed E-state index contributed by atoms with van der Waals surface area (Å²) < 4.78 is 224. The van der Waals surface area contributed by atoms with Gasteiger partial charge in [0.2, 0.25) is 0 Å². The number of nitrogens with one attached hydrogen (secondary N) is 1. The third kappa shape index (κ3) is 5.04. The first-order valence-corrected chi connectivity index (χ1v) is 12.1. The summed E-state index contributed by atoms with van der Waals surface area (Å²) in [4.78, 5) is 24.5. The van der Waals surface area contributed by atoms with Crippen molar-refractivity contribution in [2.75, 3.05) is 11.9 Å². The molecule has 0 bridgehead atoms. The van der Waals surface area contributed by atoms with E-state index in [-0.39, 0.29) is 41.2 Å². The molecule has 1 aliphatic carbocycles. The Bertz CT molecular complexity index is 1210. The molecule has 1 aromatic heterocycles. The average molecular weight is 688 g/mol. The molecule has 4 nitrogen and oxygen atoms in total. The van der Waals surface area contributed by atoms with Gasteiger partial charge in [-0.25, -0.2) is 4.79 Å². The van der Waals surface area contributed by atoms with Gasteiger partial charge in [0, 0.05) is 4.88 Å². The van der Waals surface area contributed by atoms with Crippen LogP contribution >= 0.6 is 22.9 Å². The van der Waals surface area contributed by atoms with Crippen molar-refractivity contribution in [1.82, 2.24) is 0 Å². The molecular formula is C20H14ClF16NO3S. The van der Waals surface area contributed by atoms with Crippen molar-refractivity contribution in [3.63, 3.8) is 0 Å². The molecule has 0 aromatic carbocycles. The van der Waals surface area contributed by atoms with E-state index < -0.39 is 69.3 Å². The summed E-state index contributed by atoms with van der Waals surface area (Å²) in [6.45, 7) is 0.870. The maximum Gasteiger partial charge on any atom is 0.393 e. The molecule has 0 aliphatic heterocycles. The van der Waals surface area contributed by atoms with Gasteiger partial charge in [-0.2, -0.15) is 70.2 Å². The molecule has 0 saturated carbocycles. The van der Waals surface area contributed by atoms with Crippen LogP contribution in [0.4, 0.5) is 75.2 Å². The Balaban J connectivity index is 2.58. The highest BCUT2D eigenvalue weighted by Gasteiger charge is 2.95. The van der Waals surface area contributed by atoms with E-state index >= 15 is 0 Å². The lowest BCUT2D eigenvalue weighted by molar-refractivity contribution is -0.445. The zero-order valence-electron chi connectivity index (χ0n) is 20.1. The van der Waals surface area contributed by atoms with Crippen LogP contribution in [0.15, 0.2) is 0 Å². The molecule has 22 heteroatoms. The number of amides is 1. The van der Waals surface area contributed by atoms with Crippen LogP contribution < -0.4 is 5.32 Å². The fourth-order valence-electron chi connectivity index (χ4n) is 3.56. The molecule has 0 atom stereocenters. The maximum absolute atomic E-state index is 14.4. The van der Waals surface area contributed by atoms with E-state index in [0.29, 0.717) is 12.8 Å². The monoisotopic (exact) mass is 687 g/mol. The second-order valence-corrected chi connectivity index (χ2v) is 10.2. The Hall–Kier alpha value is -2.19. The predicted octanol–water partition coefficient (Wildman–Crippen LogP) is 8.02. The van der Waals surface area contributed by atoms with E-state index in [4.69, 9.17) is 0 Å². The number of esters is 1. The quantitative estimate of drug-likeness (QED) is 0.146. The number of ether oxygens (including phenoxy) is 1. The van der Waals surface area contributed by atoms with Gasteiger partial charge in [0.15, 0.2) is 0 Å². The highest BCUT2D eigenvalue weighted by atomic mass is 35.5. The number of fused-ring (bicyclic) bond motifs is 1. The first-order chi connectivity index (χ1) is 18.6.